The molecule has 0 aliphatic rings. The van der Waals surface area contributed by atoms with Crippen LogP contribution in [0.4, 0.5) is 17.1 Å². The summed E-state index contributed by atoms with van der Waals surface area (Å²) in [5.74, 6) is 0. The largest absolute Gasteiger partial charge is 0.310 e. The standard InChI is InChI=1S/C68H47N/c1-7-23-48(24-8-1)55-41-56(49-25-9-2-10-26-49)44-59(43-55)69(60-45-57(50-27-11-3-12-28-50)42-58(46-60)51-29-13-4-14-30-51)66-38-22-21-35-61(66)54-39-40-63-62-36-19-20-37-64(62)67(52-31-15-5-16-32-52)68(65(63)47-54)53-33-17-6-18-34-53/h1-47H. The van der Waals surface area contributed by atoms with Gasteiger partial charge in [0.15, 0.2) is 0 Å². The van der Waals surface area contributed by atoms with E-state index >= 15 is 0 Å². The summed E-state index contributed by atoms with van der Waals surface area (Å²) in [5, 5.41) is 4.93. The Bertz CT molecular complexity index is 3490. The van der Waals surface area contributed by atoms with Crippen LogP contribution in [0, 0.1) is 0 Å². The minimum absolute atomic E-state index is 1.06. The van der Waals surface area contributed by atoms with Crippen molar-refractivity contribution in [2.75, 3.05) is 4.90 Å². The molecule has 1 heteroatoms. The predicted molar refractivity (Wildman–Crippen MR) is 294 cm³/mol. The van der Waals surface area contributed by atoms with Crippen molar-refractivity contribution in [3.8, 4) is 77.9 Å². The minimum atomic E-state index is 1.06. The van der Waals surface area contributed by atoms with Crippen molar-refractivity contribution in [2.45, 2.75) is 0 Å². The van der Waals surface area contributed by atoms with Crippen LogP contribution in [0.1, 0.15) is 0 Å². The summed E-state index contributed by atoms with van der Waals surface area (Å²) >= 11 is 0. The van der Waals surface area contributed by atoms with Crippen LogP contribution in [0.5, 0.6) is 0 Å². The van der Waals surface area contributed by atoms with E-state index in [2.05, 4.69) is 290 Å². The van der Waals surface area contributed by atoms with Gasteiger partial charge >= 0.3 is 0 Å². The fraction of sp³-hybridized carbons (Fsp3) is 0. The van der Waals surface area contributed by atoms with Crippen molar-refractivity contribution in [3.63, 3.8) is 0 Å². The quantitative estimate of drug-likeness (QED) is 0.124. The van der Waals surface area contributed by atoms with Gasteiger partial charge in [-0.1, -0.05) is 237 Å². The van der Waals surface area contributed by atoms with Gasteiger partial charge in [-0.05, 0) is 142 Å². The first-order valence-electron chi connectivity index (χ1n) is 23.7. The van der Waals surface area contributed by atoms with Gasteiger partial charge in [-0.2, -0.15) is 0 Å². The van der Waals surface area contributed by atoms with E-state index in [0.29, 0.717) is 0 Å². The summed E-state index contributed by atoms with van der Waals surface area (Å²) in [6.45, 7) is 0. The van der Waals surface area contributed by atoms with Gasteiger partial charge < -0.3 is 4.90 Å². The molecule has 0 aliphatic carbocycles. The second-order valence-electron chi connectivity index (χ2n) is 17.6. The number of hydrogen-bond acceptors (Lipinski definition) is 1. The van der Waals surface area contributed by atoms with Gasteiger partial charge in [0.05, 0.1) is 5.69 Å². The lowest BCUT2D eigenvalue weighted by molar-refractivity contribution is 1.28. The molecule has 1 nitrogen and oxygen atoms in total. The van der Waals surface area contributed by atoms with Gasteiger partial charge in [-0.15, -0.1) is 0 Å². The second kappa shape index (κ2) is 18.3. The average Bonchev–Trinajstić information content (AvgIpc) is 3.44. The number of anilines is 3. The van der Waals surface area contributed by atoms with E-state index in [1.54, 1.807) is 0 Å². The Balaban J connectivity index is 1.16. The van der Waals surface area contributed by atoms with Gasteiger partial charge in [0.1, 0.15) is 0 Å². The van der Waals surface area contributed by atoms with Crippen LogP contribution in [0.15, 0.2) is 285 Å². The van der Waals surface area contributed by atoms with Crippen molar-refractivity contribution >= 4 is 38.6 Å². The van der Waals surface area contributed by atoms with Crippen LogP contribution in [0.25, 0.3) is 99.4 Å². The molecule has 0 radical (unpaired) electrons. The Morgan fingerprint density at radius 1 is 0.188 bits per heavy atom. The molecule has 69 heavy (non-hydrogen) atoms. The molecule has 0 aliphatic heterocycles. The third-order valence-electron chi connectivity index (χ3n) is 13.4. The highest BCUT2D eigenvalue weighted by molar-refractivity contribution is 6.22. The Kier molecular flexibility index (Phi) is 11.0. The van der Waals surface area contributed by atoms with Crippen molar-refractivity contribution in [3.05, 3.63) is 285 Å². The van der Waals surface area contributed by atoms with Crippen LogP contribution < -0.4 is 4.90 Å². The lowest BCUT2D eigenvalue weighted by Gasteiger charge is -2.30. The van der Waals surface area contributed by atoms with Crippen LogP contribution >= 0.6 is 0 Å². The van der Waals surface area contributed by atoms with E-state index < -0.39 is 0 Å². The molecule has 0 atom stereocenters. The molecule has 0 heterocycles. The van der Waals surface area contributed by atoms with Crippen molar-refractivity contribution in [2.24, 2.45) is 0 Å². The van der Waals surface area contributed by atoms with Gasteiger partial charge in [0.25, 0.3) is 0 Å². The van der Waals surface area contributed by atoms with E-state index in [1.807, 2.05) is 0 Å². The predicted octanol–water partition coefficient (Wildman–Crippen LogP) is 19.1. The Labute approximate surface area is 404 Å². The van der Waals surface area contributed by atoms with Crippen molar-refractivity contribution in [1.82, 2.24) is 0 Å². The Hall–Kier alpha value is -9.04. The van der Waals surface area contributed by atoms with Crippen molar-refractivity contribution < 1.29 is 0 Å². The lowest BCUT2D eigenvalue weighted by atomic mass is 9.84. The van der Waals surface area contributed by atoms with Gasteiger partial charge in [0, 0.05) is 16.9 Å². The van der Waals surface area contributed by atoms with Gasteiger partial charge in [-0.25, -0.2) is 0 Å². The molecule has 0 spiro atoms. The minimum Gasteiger partial charge on any atom is -0.310 e. The monoisotopic (exact) mass is 877 g/mol. The van der Waals surface area contributed by atoms with E-state index in [0.717, 1.165) is 72.7 Å². The molecule has 0 unspecified atom stereocenters. The van der Waals surface area contributed by atoms with Crippen molar-refractivity contribution in [1.29, 1.82) is 0 Å². The maximum Gasteiger partial charge on any atom is 0.0540 e. The highest BCUT2D eigenvalue weighted by Gasteiger charge is 2.23. The zero-order valence-corrected chi connectivity index (χ0v) is 38.1. The summed E-state index contributed by atoms with van der Waals surface area (Å²) in [6, 6.07) is 104. The van der Waals surface area contributed by atoms with Crippen LogP contribution in [0.3, 0.4) is 0 Å². The second-order valence-corrected chi connectivity index (χ2v) is 17.6. The molecule has 0 saturated carbocycles. The summed E-state index contributed by atoms with van der Waals surface area (Å²) < 4.78 is 0. The summed E-state index contributed by atoms with van der Waals surface area (Å²) in [6.07, 6.45) is 0. The van der Waals surface area contributed by atoms with E-state index in [9.17, 15) is 0 Å². The Morgan fingerprint density at radius 3 is 0.957 bits per heavy atom. The SMILES string of the molecule is c1ccc(-c2cc(-c3ccccc3)cc(N(c3cc(-c4ccccc4)cc(-c4ccccc4)c3)c3ccccc3-c3ccc4c(c3)c(-c3ccccc3)c(-c3ccccc3)c3ccccc34)c2)cc1. The molecule has 324 valence electrons. The molecule has 0 aromatic heterocycles. The number of fused-ring (bicyclic) bond motifs is 3. The smallest absolute Gasteiger partial charge is 0.0540 e. The zero-order valence-electron chi connectivity index (χ0n) is 38.1. The summed E-state index contributed by atoms with van der Waals surface area (Å²) in [7, 11) is 0. The fourth-order valence-electron chi connectivity index (χ4n) is 10.2. The lowest BCUT2D eigenvalue weighted by Crippen LogP contribution is -2.12. The number of nitrogens with zero attached hydrogens (tertiary/aromatic N) is 1. The summed E-state index contributed by atoms with van der Waals surface area (Å²) in [4.78, 5) is 2.49. The van der Waals surface area contributed by atoms with Crippen LogP contribution in [-0.2, 0) is 0 Å². The molecular formula is C68H47N. The van der Waals surface area contributed by atoms with E-state index in [-0.39, 0.29) is 0 Å². The highest BCUT2D eigenvalue weighted by atomic mass is 15.1. The molecule has 12 rings (SSSR count). The first-order valence-corrected chi connectivity index (χ1v) is 23.7. The molecule has 0 fully saturated rings. The molecule has 0 bridgehead atoms. The molecule has 12 aromatic rings. The molecule has 0 saturated heterocycles. The number of para-hydroxylation sites is 1. The summed E-state index contributed by atoms with van der Waals surface area (Å²) in [5.41, 5.74) is 19.6. The number of benzene rings is 12. The normalized spacial score (nSPS) is 11.2. The van der Waals surface area contributed by atoms with Crippen LogP contribution in [-0.4, -0.2) is 0 Å². The fourth-order valence-corrected chi connectivity index (χ4v) is 10.2. The topological polar surface area (TPSA) is 3.24 Å². The molecule has 0 N–H and O–H groups in total. The maximum absolute atomic E-state index is 2.49. The van der Waals surface area contributed by atoms with Gasteiger partial charge in [0.2, 0.25) is 0 Å². The van der Waals surface area contributed by atoms with Gasteiger partial charge in [-0.3, -0.25) is 0 Å². The number of hydrogen-bond donors (Lipinski definition) is 0. The zero-order chi connectivity index (χ0) is 45.9. The first kappa shape index (κ1) is 41.4. The molecule has 12 aromatic carbocycles. The van der Waals surface area contributed by atoms with E-state index in [4.69, 9.17) is 0 Å². The average molecular weight is 878 g/mol. The maximum atomic E-state index is 2.49. The molecular weight excluding hydrogens is 831 g/mol. The third kappa shape index (κ3) is 8.07. The third-order valence-corrected chi connectivity index (χ3v) is 13.4. The first-order chi connectivity index (χ1) is 34.2. The Morgan fingerprint density at radius 2 is 0.522 bits per heavy atom. The van der Waals surface area contributed by atoms with E-state index in [1.165, 1.54) is 43.8 Å². The van der Waals surface area contributed by atoms with Crippen LogP contribution in [0.2, 0.25) is 0 Å². The number of rotatable bonds is 10. The highest BCUT2D eigenvalue weighted by Crippen LogP contribution is 2.49. The molecule has 0 amide bonds.